The molecule has 2 rings (SSSR count). The molecule has 1 aliphatic rings. The van der Waals surface area contributed by atoms with Crippen LogP contribution in [0.4, 0.5) is 0 Å². The van der Waals surface area contributed by atoms with Crippen LogP contribution in [0.1, 0.15) is 86.1 Å². The van der Waals surface area contributed by atoms with Gasteiger partial charge in [-0.25, -0.2) is 9.59 Å². The third-order valence-electron chi connectivity index (χ3n) is 12.0. The monoisotopic (exact) mass is 1040 g/mol. The summed E-state index contributed by atoms with van der Waals surface area (Å²) in [4.78, 5) is 138. The molecule has 0 unspecified atom stereocenters. The van der Waals surface area contributed by atoms with Crippen molar-refractivity contribution in [1.29, 1.82) is 0 Å². The number of hydrogen-bond donors (Lipinski definition) is 11. The van der Waals surface area contributed by atoms with Gasteiger partial charge in [0.05, 0.1) is 24.5 Å². The second-order valence-electron chi connectivity index (χ2n) is 18.6. The number of benzene rings is 1. The van der Waals surface area contributed by atoms with Crippen LogP contribution in [0.15, 0.2) is 71.4 Å². The van der Waals surface area contributed by atoms with Gasteiger partial charge in [0.25, 0.3) is 5.91 Å². The van der Waals surface area contributed by atoms with Crippen LogP contribution >= 0.6 is 0 Å². The molecule has 1 aliphatic heterocycles. The molecule has 1 aromatic carbocycles. The van der Waals surface area contributed by atoms with Crippen LogP contribution in [0.2, 0.25) is 0 Å². The fourth-order valence-electron chi connectivity index (χ4n) is 7.59. The number of carboxylic acids is 2. The van der Waals surface area contributed by atoms with Gasteiger partial charge in [-0.1, -0.05) is 95.3 Å². The molecule has 13 N–H and O–H groups in total. The molecule has 1 aromatic rings. The Morgan fingerprint density at radius 1 is 0.824 bits per heavy atom. The van der Waals surface area contributed by atoms with E-state index in [2.05, 4.69) is 43.5 Å². The van der Waals surface area contributed by atoms with Crippen molar-refractivity contribution in [2.75, 3.05) is 20.2 Å². The summed E-state index contributed by atoms with van der Waals surface area (Å²) >= 11 is 0. The lowest BCUT2D eigenvalue weighted by atomic mass is 9.94. The zero-order valence-electron chi connectivity index (χ0n) is 43.2. The van der Waals surface area contributed by atoms with E-state index in [4.69, 9.17) is 16.2 Å². The predicted molar refractivity (Wildman–Crippen MR) is 271 cm³/mol. The van der Waals surface area contributed by atoms with Crippen LogP contribution in [0.3, 0.4) is 0 Å². The number of allylic oxidation sites excluding steroid dienone is 2. The van der Waals surface area contributed by atoms with Gasteiger partial charge in [0.15, 0.2) is 5.96 Å². The molecule has 408 valence electrons. The second-order valence-corrected chi connectivity index (χ2v) is 18.6. The molecular weight excluding hydrogens is 965 g/mol. The Morgan fingerprint density at radius 3 is 1.99 bits per heavy atom. The maximum absolute atomic E-state index is 14.4. The standard InChI is InChI=1S/C50H74N10O14/c1-26(2)22-37-46(68)59-41(49(72)73)30(6)43(65)55-35(16-13-21-53-50(51)52)45(67)54-34(18-17-27(3)23-28(4)39(74-32(8)62)24-33-14-11-10-12-15-33)29(5)42(64)56-36(48(70)71)19-20-40(63)60(9)31(7)44(66)58-38(25-61)47(69)57-37/h10-12,14-15,17-18,23,26,28-30,34-39,41,61H,7,13,16,19-22,24-25H2,1-6,8-9H3,(H,54,67)(H,55,65)(H,56,64)(H,57,69)(H,58,66)(H,59,68)(H,70,71)(H,72,73)(H4,51,52,53)/b18-17+,27-23+/t28-,29-,30-,34-,35-,36+,37+,38+,39-,41+/m0/s1. The molecule has 0 bridgehead atoms. The summed E-state index contributed by atoms with van der Waals surface area (Å²) in [5, 5.41) is 45.2. The maximum Gasteiger partial charge on any atom is 0.327 e. The van der Waals surface area contributed by atoms with Gasteiger partial charge in [0.1, 0.15) is 42.0 Å². The molecule has 0 aliphatic carbocycles. The Bertz CT molecular complexity index is 2280. The largest absolute Gasteiger partial charge is 0.480 e. The lowest BCUT2D eigenvalue weighted by Crippen LogP contribution is -2.59. The van der Waals surface area contributed by atoms with Crippen LogP contribution in [0.5, 0.6) is 0 Å². The highest BCUT2D eigenvalue weighted by atomic mass is 16.5. The Balaban J connectivity index is 2.78. The van der Waals surface area contributed by atoms with Crippen molar-refractivity contribution in [3.05, 3.63) is 72.0 Å². The van der Waals surface area contributed by atoms with Crippen LogP contribution in [-0.4, -0.2) is 148 Å². The number of nitrogens with two attached hydrogens (primary N) is 2. The van der Waals surface area contributed by atoms with Gasteiger partial charge in [-0.15, -0.1) is 0 Å². The van der Waals surface area contributed by atoms with E-state index in [1.165, 1.54) is 26.8 Å². The minimum absolute atomic E-state index is 0.0129. The first kappa shape index (κ1) is 62.5. The topological polar surface area (TPSA) is 380 Å². The summed E-state index contributed by atoms with van der Waals surface area (Å²) in [6.07, 6.45) is 3.44. The molecule has 0 spiro atoms. The Kier molecular flexibility index (Phi) is 25.7. The van der Waals surface area contributed by atoms with E-state index in [1.54, 1.807) is 26.8 Å². The fourth-order valence-corrected chi connectivity index (χ4v) is 7.59. The summed E-state index contributed by atoms with van der Waals surface area (Å²) in [5.41, 5.74) is 12.0. The lowest BCUT2D eigenvalue weighted by Gasteiger charge is -2.28. The molecule has 24 nitrogen and oxygen atoms in total. The van der Waals surface area contributed by atoms with Crippen LogP contribution < -0.4 is 43.4 Å². The van der Waals surface area contributed by atoms with Crippen molar-refractivity contribution in [3.8, 4) is 0 Å². The number of carbonyl (C=O) groups excluding carboxylic acids is 8. The SMILES string of the molecule is C=C1C(=O)N[C@H](CO)C(=O)N[C@H](CC(C)C)C(=O)N[C@@H](C(=O)O)[C@H](C)C(=O)N[C@@H](CCCN=C(N)N)C(=O)N[C@@H](/C=C/C(C)=C/[C@H](C)[C@H](Cc2ccccc2)OC(C)=O)[C@H](C)C(=O)N[C@@H](C(=O)O)CCC(=O)N1C. The number of hydrogen-bond acceptors (Lipinski definition) is 13. The van der Waals surface area contributed by atoms with Crippen molar-refractivity contribution in [2.24, 2.45) is 40.1 Å². The van der Waals surface area contributed by atoms with Crippen LogP contribution in [0.25, 0.3) is 0 Å². The van der Waals surface area contributed by atoms with Crippen molar-refractivity contribution in [1.82, 2.24) is 36.8 Å². The maximum atomic E-state index is 14.4. The Morgan fingerprint density at radius 2 is 1.42 bits per heavy atom. The van der Waals surface area contributed by atoms with Gasteiger partial charge in [-0.3, -0.25) is 43.3 Å². The number of rotatable bonds is 16. The molecule has 1 saturated heterocycles. The van der Waals surface area contributed by atoms with E-state index in [0.29, 0.717) is 12.0 Å². The van der Waals surface area contributed by atoms with E-state index >= 15 is 0 Å². The van der Waals surface area contributed by atoms with Crippen LogP contribution in [0, 0.1) is 23.7 Å². The molecule has 0 saturated carbocycles. The third-order valence-corrected chi connectivity index (χ3v) is 12.0. The summed E-state index contributed by atoms with van der Waals surface area (Å²) in [6, 6.07) is -0.217. The van der Waals surface area contributed by atoms with E-state index in [1.807, 2.05) is 43.3 Å². The van der Waals surface area contributed by atoms with Gasteiger partial charge < -0.3 is 68.3 Å². The first-order valence-corrected chi connectivity index (χ1v) is 24.1. The van der Waals surface area contributed by atoms with Gasteiger partial charge >= 0.3 is 17.9 Å². The van der Waals surface area contributed by atoms with Crippen molar-refractivity contribution < 1.29 is 68.0 Å². The van der Waals surface area contributed by atoms with Gasteiger partial charge in [-0.2, -0.15) is 0 Å². The number of amides is 7. The summed E-state index contributed by atoms with van der Waals surface area (Å²) < 4.78 is 5.67. The number of esters is 1. The molecule has 7 amide bonds. The number of ether oxygens (including phenoxy) is 1. The highest BCUT2D eigenvalue weighted by Gasteiger charge is 2.38. The van der Waals surface area contributed by atoms with E-state index in [0.717, 1.165) is 17.5 Å². The average molecular weight is 1040 g/mol. The minimum atomic E-state index is -1.95. The van der Waals surface area contributed by atoms with E-state index < -0.39 is 139 Å². The van der Waals surface area contributed by atoms with Gasteiger partial charge in [0.2, 0.25) is 35.4 Å². The smallest absolute Gasteiger partial charge is 0.327 e. The molecule has 0 aromatic heterocycles. The highest BCUT2D eigenvalue weighted by Crippen LogP contribution is 2.20. The summed E-state index contributed by atoms with van der Waals surface area (Å²) in [6.45, 7) is 13.4. The number of carbonyl (C=O) groups is 10. The number of aliphatic imine (C=N–C) groups is 1. The summed E-state index contributed by atoms with van der Waals surface area (Å²) in [7, 11) is 1.15. The molecule has 1 heterocycles. The first-order valence-electron chi connectivity index (χ1n) is 24.1. The van der Waals surface area contributed by atoms with Crippen LogP contribution in [-0.2, 0) is 59.1 Å². The lowest BCUT2D eigenvalue weighted by molar-refractivity contribution is -0.148. The highest BCUT2D eigenvalue weighted by molar-refractivity contribution is 6.00. The first-order chi connectivity index (χ1) is 34.7. The second kappa shape index (κ2) is 30.4. The zero-order valence-corrected chi connectivity index (χ0v) is 43.2. The minimum Gasteiger partial charge on any atom is -0.480 e. The van der Waals surface area contributed by atoms with Crippen molar-refractivity contribution in [3.63, 3.8) is 0 Å². The number of aliphatic hydroxyl groups excluding tert-OH is 1. The number of aliphatic hydroxyl groups is 1. The van der Waals surface area contributed by atoms with Gasteiger partial charge in [0, 0.05) is 39.3 Å². The van der Waals surface area contributed by atoms with Crippen molar-refractivity contribution >= 4 is 65.2 Å². The molecule has 10 atom stereocenters. The average Bonchev–Trinajstić information content (AvgIpc) is 3.33. The quantitative estimate of drug-likeness (QED) is 0.0248. The Labute approximate surface area is 430 Å². The number of nitrogens with zero attached hydrogens (tertiary/aromatic N) is 2. The third kappa shape index (κ3) is 20.8. The summed E-state index contributed by atoms with van der Waals surface area (Å²) in [5.74, 6) is -14.4. The number of aliphatic carboxylic acids is 2. The number of likely N-dealkylation sites (N-methyl/N-ethyl adjacent to an activating group) is 1. The van der Waals surface area contributed by atoms with Crippen molar-refractivity contribution in [2.45, 2.75) is 129 Å². The Hall–Kier alpha value is -7.63. The van der Waals surface area contributed by atoms with Gasteiger partial charge in [-0.05, 0) is 44.1 Å². The molecule has 24 heteroatoms. The molecule has 74 heavy (non-hydrogen) atoms. The fraction of sp³-hybridized carbons (Fsp3) is 0.540. The molecular formula is C50H74N10O14. The normalized spacial score (nSPS) is 24.7. The number of nitrogens with one attached hydrogen (secondary N) is 6. The molecule has 0 radical (unpaired) electrons. The molecule has 1 fully saturated rings. The van der Waals surface area contributed by atoms with E-state index in [-0.39, 0.29) is 43.6 Å². The number of guanidine groups is 1. The van der Waals surface area contributed by atoms with E-state index in [9.17, 15) is 63.3 Å². The zero-order chi connectivity index (χ0) is 56.0. The number of carboxylic acid groups (broad SMARTS) is 2. The predicted octanol–water partition coefficient (Wildman–Crippen LogP) is -0.493.